The summed E-state index contributed by atoms with van der Waals surface area (Å²) >= 11 is 12.6. The molecule has 7 nitrogen and oxygen atoms in total. The van der Waals surface area contributed by atoms with Gasteiger partial charge in [0.05, 0.1) is 11.6 Å². The first-order valence-electron chi connectivity index (χ1n) is 10.0. The molecule has 0 aliphatic heterocycles. The van der Waals surface area contributed by atoms with Gasteiger partial charge in [0, 0.05) is 29.7 Å². The molecule has 0 atom stereocenters. The molecule has 3 rings (SSSR count). The van der Waals surface area contributed by atoms with Crippen LogP contribution < -0.4 is 14.8 Å². The van der Waals surface area contributed by atoms with Crippen LogP contribution in [-0.4, -0.2) is 26.8 Å². The predicted molar refractivity (Wildman–Crippen MR) is 118 cm³/mol. The van der Waals surface area contributed by atoms with E-state index in [0.29, 0.717) is 40.6 Å². The number of nitrogens with zero attached hydrogens (tertiary/aromatic N) is 4. The molecule has 166 valence electrons. The van der Waals surface area contributed by atoms with Crippen molar-refractivity contribution in [3.8, 4) is 11.5 Å². The smallest absolute Gasteiger partial charge is 0.243 e. The van der Waals surface area contributed by atoms with E-state index in [-0.39, 0.29) is 12.2 Å². The molecule has 31 heavy (non-hydrogen) atoms. The van der Waals surface area contributed by atoms with Crippen LogP contribution in [0.15, 0.2) is 30.3 Å². The van der Waals surface area contributed by atoms with Gasteiger partial charge in [-0.05, 0) is 47.5 Å². The average Bonchev–Trinajstić information content (AvgIpc) is 3.20. The van der Waals surface area contributed by atoms with Gasteiger partial charge in [0.2, 0.25) is 5.95 Å². The van der Waals surface area contributed by atoms with Crippen molar-refractivity contribution in [1.29, 1.82) is 0 Å². The van der Waals surface area contributed by atoms with Crippen molar-refractivity contribution in [3.63, 3.8) is 0 Å². The van der Waals surface area contributed by atoms with E-state index in [2.05, 4.69) is 27.8 Å². The third-order valence-corrected chi connectivity index (χ3v) is 5.24. The second-order valence-electron chi connectivity index (χ2n) is 6.74. The molecule has 0 saturated carbocycles. The Morgan fingerprint density at radius 2 is 1.90 bits per heavy atom. The summed E-state index contributed by atoms with van der Waals surface area (Å²) in [5.41, 5.74) is 1.05. The number of aromatic nitrogens is 4. The van der Waals surface area contributed by atoms with E-state index in [4.69, 9.17) is 32.7 Å². The Hall–Kier alpha value is -2.58. The molecular weight excluding hydrogens is 444 g/mol. The molecule has 0 amide bonds. The van der Waals surface area contributed by atoms with Crippen LogP contribution in [0.2, 0.25) is 10.0 Å². The molecule has 10 heteroatoms. The van der Waals surface area contributed by atoms with Gasteiger partial charge in [-0.1, -0.05) is 47.7 Å². The first-order chi connectivity index (χ1) is 15.0. The molecule has 2 aromatic carbocycles. The first kappa shape index (κ1) is 23.1. The molecule has 0 unspecified atom stereocenters. The van der Waals surface area contributed by atoms with Crippen molar-refractivity contribution in [2.45, 2.75) is 46.4 Å². The number of ether oxygens (including phenoxy) is 2. The molecule has 0 fully saturated rings. The first-order valence-corrected chi connectivity index (χ1v) is 10.8. The van der Waals surface area contributed by atoms with E-state index in [0.717, 1.165) is 24.9 Å². The summed E-state index contributed by atoms with van der Waals surface area (Å²) in [6.07, 6.45) is 2.02. The number of rotatable bonds is 11. The standard InChI is InChI=1S/C21H24Cl2FN5O2/c1-3-5-9-29-21(26-27-28-29)25-12-14-10-19(30-4-2)20(11-17(14)23)31-13-15-16(22)7-6-8-18(15)24/h6-8,10-11H,3-5,9,12-13H2,1-2H3,(H,25,26,28). The van der Waals surface area contributed by atoms with Crippen LogP contribution in [0.4, 0.5) is 10.3 Å². The second-order valence-corrected chi connectivity index (χ2v) is 7.56. The zero-order valence-electron chi connectivity index (χ0n) is 17.4. The van der Waals surface area contributed by atoms with Gasteiger partial charge in [-0.3, -0.25) is 0 Å². The van der Waals surface area contributed by atoms with Gasteiger partial charge in [-0.2, -0.15) is 0 Å². The number of benzene rings is 2. The monoisotopic (exact) mass is 467 g/mol. The maximum atomic E-state index is 14.0. The molecule has 0 saturated heterocycles. The summed E-state index contributed by atoms with van der Waals surface area (Å²) in [7, 11) is 0. The molecule has 3 aromatic rings. The fourth-order valence-electron chi connectivity index (χ4n) is 2.88. The van der Waals surface area contributed by atoms with Crippen LogP contribution in [0.5, 0.6) is 11.5 Å². The number of halogens is 3. The Bertz CT molecular complexity index is 995. The topological polar surface area (TPSA) is 74.1 Å². The summed E-state index contributed by atoms with van der Waals surface area (Å²) in [6.45, 7) is 5.48. The highest BCUT2D eigenvalue weighted by atomic mass is 35.5. The van der Waals surface area contributed by atoms with Gasteiger partial charge in [-0.15, -0.1) is 0 Å². The molecule has 0 aliphatic rings. The van der Waals surface area contributed by atoms with E-state index < -0.39 is 5.82 Å². The minimum Gasteiger partial charge on any atom is -0.490 e. The predicted octanol–water partition coefficient (Wildman–Crippen LogP) is 5.51. The van der Waals surface area contributed by atoms with Crippen molar-refractivity contribution in [2.24, 2.45) is 0 Å². The average molecular weight is 468 g/mol. The van der Waals surface area contributed by atoms with Gasteiger partial charge >= 0.3 is 0 Å². The summed E-state index contributed by atoms with van der Waals surface area (Å²) in [5, 5.41) is 15.7. The molecule has 0 spiro atoms. The van der Waals surface area contributed by atoms with Crippen molar-refractivity contribution in [3.05, 3.63) is 57.3 Å². The summed E-state index contributed by atoms with van der Waals surface area (Å²) in [4.78, 5) is 0. The number of aryl methyl sites for hydroxylation is 1. The van der Waals surface area contributed by atoms with Gasteiger partial charge in [0.15, 0.2) is 11.5 Å². The van der Waals surface area contributed by atoms with E-state index in [1.165, 1.54) is 6.07 Å². The number of nitrogens with one attached hydrogen (secondary N) is 1. The molecule has 1 heterocycles. The summed E-state index contributed by atoms with van der Waals surface area (Å²) < 4.78 is 27.3. The molecule has 0 bridgehead atoms. The molecule has 0 radical (unpaired) electrons. The number of unbranched alkanes of at least 4 members (excludes halogenated alkanes) is 1. The number of anilines is 1. The van der Waals surface area contributed by atoms with Gasteiger partial charge in [0.25, 0.3) is 0 Å². The van der Waals surface area contributed by atoms with Crippen LogP contribution in [-0.2, 0) is 19.7 Å². The number of tetrazole rings is 1. The number of hydrogen-bond donors (Lipinski definition) is 1. The van der Waals surface area contributed by atoms with Gasteiger partial charge in [-0.25, -0.2) is 9.07 Å². The number of hydrogen-bond acceptors (Lipinski definition) is 6. The minimum atomic E-state index is -0.432. The van der Waals surface area contributed by atoms with Crippen LogP contribution in [0.25, 0.3) is 0 Å². The van der Waals surface area contributed by atoms with Crippen molar-refractivity contribution < 1.29 is 13.9 Å². The fourth-order valence-corrected chi connectivity index (χ4v) is 3.32. The second kappa shape index (κ2) is 11.2. The lowest BCUT2D eigenvalue weighted by Crippen LogP contribution is -2.10. The Balaban J connectivity index is 1.75. The molecule has 1 aromatic heterocycles. The highest BCUT2D eigenvalue weighted by Gasteiger charge is 2.15. The zero-order chi connectivity index (χ0) is 22.2. The SMILES string of the molecule is CCCCn1nnnc1NCc1cc(OCC)c(OCc2c(F)cccc2Cl)cc1Cl. The molecule has 1 N–H and O–H groups in total. The lowest BCUT2D eigenvalue weighted by molar-refractivity contribution is 0.265. The Morgan fingerprint density at radius 3 is 2.65 bits per heavy atom. The Labute approximate surface area is 190 Å². The lowest BCUT2D eigenvalue weighted by atomic mass is 10.2. The van der Waals surface area contributed by atoms with E-state index in [1.807, 2.05) is 6.92 Å². The maximum Gasteiger partial charge on any atom is 0.243 e. The minimum absolute atomic E-state index is 0.0499. The van der Waals surface area contributed by atoms with Crippen LogP contribution in [0.1, 0.15) is 37.8 Å². The van der Waals surface area contributed by atoms with Crippen LogP contribution in [0, 0.1) is 5.82 Å². The highest BCUT2D eigenvalue weighted by molar-refractivity contribution is 6.31. The third kappa shape index (κ3) is 5.98. The molecule has 0 aliphatic carbocycles. The third-order valence-electron chi connectivity index (χ3n) is 4.54. The van der Waals surface area contributed by atoms with Gasteiger partial charge < -0.3 is 14.8 Å². The fraction of sp³-hybridized carbons (Fsp3) is 0.381. The summed E-state index contributed by atoms with van der Waals surface area (Å²) in [6, 6.07) is 7.94. The van der Waals surface area contributed by atoms with Crippen LogP contribution >= 0.6 is 23.2 Å². The van der Waals surface area contributed by atoms with Crippen molar-refractivity contribution >= 4 is 29.2 Å². The van der Waals surface area contributed by atoms with Crippen molar-refractivity contribution in [1.82, 2.24) is 20.2 Å². The quantitative estimate of drug-likeness (QED) is 0.400. The van der Waals surface area contributed by atoms with E-state index >= 15 is 0 Å². The zero-order valence-corrected chi connectivity index (χ0v) is 18.9. The highest BCUT2D eigenvalue weighted by Crippen LogP contribution is 2.35. The maximum absolute atomic E-state index is 14.0. The van der Waals surface area contributed by atoms with E-state index in [1.54, 1.807) is 28.9 Å². The van der Waals surface area contributed by atoms with E-state index in [9.17, 15) is 4.39 Å². The Morgan fingerprint density at radius 1 is 1.10 bits per heavy atom. The summed E-state index contributed by atoms with van der Waals surface area (Å²) in [5.74, 6) is 1.04. The van der Waals surface area contributed by atoms with Crippen LogP contribution in [0.3, 0.4) is 0 Å². The lowest BCUT2D eigenvalue weighted by Gasteiger charge is -2.16. The Kier molecular flexibility index (Phi) is 8.31. The largest absolute Gasteiger partial charge is 0.490 e. The van der Waals surface area contributed by atoms with Gasteiger partial charge in [0.1, 0.15) is 12.4 Å². The molecular formula is C21H24Cl2FN5O2. The van der Waals surface area contributed by atoms with Crippen molar-refractivity contribution in [2.75, 3.05) is 11.9 Å². The normalized spacial score (nSPS) is 10.9.